The molecule has 1 N–H and O–H groups in total. The Morgan fingerprint density at radius 3 is 2.53 bits per heavy atom. The monoisotopic (exact) mass is 407 g/mol. The highest BCUT2D eigenvalue weighted by Crippen LogP contribution is 2.33. The third-order valence-electron chi connectivity index (χ3n) is 5.87. The standard InChI is InChI=1S/C24H29N3O3/c1-4-27-20-8-6-5-7-18(20)13-21(27)24(28)25-10-12-26-11-9-17-14-22(29-2)23(30-3)15-19(17)16-26/h5-8,13-15H,4,9-12,16H2,1-3H3,(H,25,28). The second-order valence-corrected chi connectivity index (χ2v) is 7.59. The molecule has 30 heavy (non-hydrogen) atoms. The average Bonchev–Trinajstić information content (AvgIpc) is 3.16. The van der Waals surface area contributed by atoms with Crippen LogP contribution in [0.5, 0.6) is 11.5 Å². The van der Waals surface area contributed by atoms with Crippen LogP contribution in [0.2, 0.25) is 0 Å². The van der Waals surface area contributed by atoms with Gasteiger partial charge in [-0.3, -0.25) is 9.69 Å². The molecule has 0 bridgehead atoms. The van der Waals surface area contributed by atoms with Gasteiger partial charge in [-0.05, 0) is 48.7 Å². The van der Waals surface area contributed by atoms with Crippen molar-refractivity contribution in [2.45, 2.75) is 26.4 Å². The predicted molar refractivity (Wildman–Crippen MR) is 118 cm³/mol. The van der Waals surface area contributed by atoms with Crippen LogP contribution >= 0.6 is 0 Å². The Bertz CT molecular complexity index is 1060. The number of benzene rings is 2. The van der Waals surface area contributed by atoms with Gasteiger partial charge < -0.3 is 19.4 Å². The van der Waals surface area contributed by atoms with Crippen LogP contribution in [0.1, 0.15) is 28.5 Å². The van der Waals surface area contributed by atoms with Crippen LogP contribution in [-0.4, -0.2) is 49.2 Å². The van der Waals surface area contributed by atoms with E-state index in [0.717, 1.165) is 60.7 Å². The maximum absolute atomic E-state index is 12.8. The lowest BCUT2D eigenvalue weighted by atomic mass is 9.99. The number of methoxy groups -OCH3 is 2. The van der Waals surface area contributed by atoms with E-state index in [-0.39, 0.29) is 5.91 Å². The lowest BCUT2D eigenvalue weighted by Crippen LogP contribution is -2.38. The molecule has 3 aromatic rings. The summed E-state index contributed by atoms with van der Waals surface area (Å²) in [6, 6.07) is 14.2. The van der Waals surface area contributed by atoms with Crippen LogP contribution in [0.4, 0.5) is 0 Å². The van der Waals surface area contributed by atoms with E-state index >= 15 is 0 Å². The van der Waals surface area contributed by atoms with E-state index in [4.69, 9.17) is 9.47 Å². The Morgan fingerprint density at radius 1 is 1.07 bits per heavy atom. The summed E-state index contributed by atoms with van der Waals surface area (Å²) in [6.45, 7) is 6.08. The van der Waals surface area contributed by atoms with Crippen molar-refractivity contribution in [2.24, 2.45) is 0 Å². The smallest absolute Gasteiger partial charge is 0.267 e. The summed E-state index contributed by atoms with van der Waals surface area (Å²) in [4.78, 5) is 15.2. The Morgan fingerprint density at radius 2 is 1.80 bits per heavy atom. The molecule has 0 radical (unpaired) electrons. The number of nitrogens with one attached hydrogen (secondary N) is 1. The molecule has 1 aromatic heterocycles. The molecule has 6 nitrogen and oxygen atoms in total. The van der Waals surface area contributed by atoms with Crippen LogP contribution in [0.15, 0.2) is 42.5 Å². The van der Waals surface area contributed by atoms with Crippen LogP contribution in [-0.2, 0) is 19.5 Å². The maximum Gasteiger partial charge on any atom is 0.267 e. The van der Waals surface area contributed by atoms with Crippen molar-refractivity contribution >= 4 is 16.8 Å². The van der Waals surface area contributed by atoms with E-state index in [0.29, 0.717) is 6.54 Å². The normalized spacial score (nSPS) is 13.8. The molecule has 0 atom stereocenters. The number of ether oxygens (including phenoxy) is 2. The predicted octanol–water partition coefficient (Wildman–Crippen LogP) is 3.47. The van der Waals surface area contributed by atoms with Crippen molar-refractivity contribution in [3.63, 3.8) is 0 Å². The first kappa shape index (κ1) is 20.3. The second kappa shape index (κ2) is 8.79. The molecule has 0 unspecified atom stereocenters. The molecule has 0 spiro atoms. The highest BCUT2D eigenvalue weighted by atomic mass is 16.5. The minimum atomic E-state index is -0.0168. The lowest BCUT2D eigenvalue weighted by molar-refractivity contribution is 0.0938. The van der Waals surface area contributed by atoms with Crippen molar-refractivity contribution in [2.75, 3.05) is 33.9 Å². The molecule has 158 valence electrons. The maximum atomic E-state index is 12.8. The minimum absolute atomic E-state index is 0.0168. The van der Waals surface area contributed by atoms with Gasteiger partial charge in [0.2, 0.25) is 0 Å². The molecule has 1 aliphatic rings. The molecule has 2 heterocycles. The number of aryl methyl sites for hydroxylation is 1. The van der Waals surface area contributed by atoms with Gasteiger partial charge in [-0.1, -0.05) is 18.2 Å². The van der Waals surface area contributed by atoms with E-state index < -0.39 is 0 Å². The number of fused-ring (bicyclic) bond motifs is 2. The zero-order chi connectivity index (χ0) is 21.1. The highest BCUT2D eigenvalue weighted by Gasteiger charge is 2.20. The van der Waals surface area contributed by atoms with Crippen LogP contribution < -0.4 is 14.8 Å². The fourth-order valence-corrected chi connectivity index (χ4v) is 4.29. The molecule has 0 saturated heterocycles. The Kier molecular flexibility index (Phi) is 5.95. The molecular formula is C24H29N3O3. The molecule has 0 aliphatic carbocycles. The van der Waals surface area contributed by atoms with E-state index in [1.165, 1.54) is 11.1 Å². The Labute approximate surface area is 177 Å². The van der Waals surface area contributed by atoms with Crippen LogP contribution in [0.25, 0.3) is 10.9 Å². The SMILES string of the molecule is CCn1c(C(=O)NCCN2CCc3cc(OC)c(OC)cc3C2)cc2ccccc21. The van der Waals surface area contributed by atoms with Gasteiger partial charge >= 0.3 is 0 Å². The van der Waals surface area contributed by atoms with Crippen LogP contribution in [0.3, 0.4) is 0 Å². The fraction of sp³-hybridized carbons (Fsp3) is 0.375. The first-order chi connectivity index (χ1) is 14.6. The van der Waals surface area contributed by atoms with E-state index in [9.17, 15) is 4.79 Å². The number of hydrogen-bond donors (Lipinski definition) is 1. The highest BCUT2D eigenvalue weighted by molar-refractivity contribution is 5.98. The Balaban J connectivity index is 1.38. The van der Waals surface area contributed by atoms with E-state index in [1.54, 1.807) is 14.2 Å². The number of rotatable bonds is 7. The number of aromatic nitrogens is 1. The number of hydrogen-bond acceptors (Lipinski definition) is 4. The van der Waals surface area contributed by atoms with Crippen molar-refractivity contribution in [1.82, 2.24) is 14.8 Å². The van der Waals surface area contributed by atoms with Crippen molar-refractivity contribution in [3.05, 3.63) is 59.3 Å². The number of carbonyl (C=O) groups is 1. The van der Waals surface area contributed by atoms with E-state index in [2.05, 4.69) is 39.9 Å². The largest absolute Gasteiger partial charge is 0.493 e. The van der Waals surface area contributed by atoms with Gasteiger partial charge in [0.25, 0.3) is 5.91 Å². The fourth-order valence-electron chi connectivity index (χ4n) is 4.29. The van der Waals surface area contributed by atoms with Gasteiger partial charge in [0, 0.05) is 43.6 Å². The summed E-state index contributed by atoms with van der Waals surface area (Å²) >= 11 is 0. The molecule has 0 saturated carbocycles. The first-order valence-corrected chi connectivity index (χ1v) is 10.5. The molecular weight excluding hydrogens is 378 g/mol. The molecule has 0 fully saturated rings. The summed E-state index contributed by atoms with van der Waals surface area (Å²) in [6.07, 6.45) is 0.966. The van der Waals surface area contributed by atoms with Crippen LogP contribution in [0, 0.1) is 0 Å². The number of amides is 1. The van der Waals surface area contributed by atoms with Gasteiger partial charge in [-0.2, -0.15) is 0 Å². The van der Waals surface area contributed by atoms with Gasteiger partial charge in [-0.15, -0.1) is 0 Å². The molecule has 1 amide bonds. The minimum Gasteiger partial charge on any atom is -0.493 e. The van der Waals surface area contributed by atoms with Crippen molar-refractivity contribution in [1.29, 1.82) is 0 Å². The first-order valence-electron chi connectivity index (χ1n) is 10.5. The molecule has 6 heteroatoms. The number of para-hydroxylation sites is 1. The summed E-state index contributed by atoms with van der Waals surface area (Å²) in [5, 5.41) is 4.20. The lowest BCUT2D eigenvalue weighted by Gasteiger charge is -2.29. The summed E-state index contributed by atoms with van der Waals surface area (Å²) in [7, 11) is 3.33. The van der Waals surface area contributed by atoms with Crippen molar-refractivity contribution in [3.8, 4) is 11.5 Å². The Hall–Kier alpha value is -2.99. The number of carbonyl (C=O) groups excluding carboxylic acids is 1. The zero-order valence-corrected chi connectivity index (χ0v) is 17.9. The molecule has 4 rings (SSSR count). The zero-order valence-electron chi connectivity index (χ0n) is 17.9. The summed E-state index contributed by atoms with van der Waals surface area (Å²) in [5.74, 6) is 1.53. The quantitative estimate of drug-likeness (QED) is 0.652. The summed E-state index contributed by atoms with van der Waals surface area (Å²) < 4.78 is 12.9. The topological polar surface area (TPSA) is 55.7 Å². The van der Waals surface area contributed by atoms with Gasteiger partial charge in [0.1, 0.15) is 5.69 Å². The molecule has 2 aromatic carbocycles. The summed E-state index contributed by atoms with van der Waals surface area (Å²) in [5.41, 5.74) is 4.39. The van der Waals surface area contributed by atoms with Gasteiger partial charge in [0.05, 0.1) is 14.2 Å². The molecule has 1 aliphatic heterocycles. The number of nitrogens with zero attached hydrogens (tertiary/aromatic N) is 2. The van der Waals surface area contributed by atoms with Gasteiger partial charge in [-0.25, -0.2) is 0 Å². The van der Waals surface area contributed by atoms with Crippen molar-refractivity contribution < 1.29 is 14.3 Å². The van der Waals surface area contributed by atoms with E-state index in [1.807, 2.05) is 24.3 Å². The van der Waals surface area contributed by atoms with Gasteiger partial charge in [0.15, 0.2) is 11.5 Å². The second-order valence-electron chi connectivity index (χ2n) is 7.59. The third kappa shape index (κ3) is 3.87. The average molecular weight is 408 g/mol. The third-order valence-corrected chi connectivity index (χ3v) is 5.87.